The first-order valence-electron chi connectivity index (χ1n) is 11.2. The van der Waals surface area contributed by atoms with E-state index in [1.807, 2.05) is 18.2 Å². The topological polar surface area (TPSA) is 76.5 Å². The van der Waals surface area contributed by atoms with E-state index >= 15 is 0 Å². The van der Waals surface area contributed by atoms with Crippen molar-refractivity contribution >= 4 is 23.3 Å². The first-order valence-corrected chi connectivity index (χ1v) is 11.6. The number of rotatable bonds is 6. The van der Waals surface area contributed by atoms with Crippen molar-refractivity contribution in [3.63, 3.8) is 0 Å². The van der Waals surface area contributed by atoms with Crippen molar-refractivity contribution in [2.24, 2.45) is 4.99 Å². The summed E-state index contributed by atoms with van der Waals surface area (Å²) in [5, 5.41) is 11.2. The van der Waals surface area contributed by atoms with Gasteiger partial charge < -0.3 is 10.1 Å². The van der Waals surface area contributed by atoms with E-state index in [4.69, 9.17) is 21.3 Å². The van der Waals surface area contributed by atoms with Crippen molar-refractivity contribution in [2.45, 2.75) is 51.5 Å². The maximum Gasteiger partial charge on any atom is 0.250 e. The van der Waals surface area contributed by atoms with Gasteiger partial charge in [0, 0.05) is 6.42 Å². The maximum absolute atomic E-state index is 12.6. The molecule has 1 fully saturated rings. The van der Waals surface area contributed by atoms with Crippen molar-refractivity contribution in [3.05, 3.63) is 81.5 Å². The lowest BCUT2D eigenvalue weighted by atomic mass is 9.97. The van der Waals surface area contributed by atoms with Gasteiger partial charge in [-0.05, 0) is 73.9 Å². The molecule has 2 heterocycles. The van der Waals surface area contributed by atoms with Crippen molar-refractivity contribution in [2.75, 3.05) is 0 Å². The van der Waals surface area contributed by atoms with E-state index in [1.165, 1.54) is 35.1 Å². The fourth-order valence-corrected chi connectivity index (χ4v) is 4.35. The summed E-state index contributed by atoms with van der Waals surface area (Å²) in [5.74, 6) is 1.86. The highest BCUT2D eigenvalue weighted by molar-refractivity contribution is 6.29. The first-order chi connectivity index (χ1) is 15.9. The molecule has 2 aliphatic rings. The zero-order valence-corrected chi connectivity index (χ0v) is 19.4. The molecule has 0 bridgehead atoms. The highest BCUT2D eigenvalue weighted by atomic mass is 35.5. The average molecular weight is 461 g/mol. The van der Waals surface area contributed by atoms with Crippen LogP contribution >= 0.6 is 11.6 Å². The molecule has 1 aliphatic heterocycles. The van der Waals surface area contributed by atoms with E-state index in [0.29, 0.717) is 35.9 Å². The molecule has 1 N–H and O–H groups in total. The van der Waals surface area contributed by atoms with Gasteiger partial charge in [0.1, 0.15) is 11.6 Å². The minimum Gasteiger partial charge on any atom is -0.437 e. The Kier molecular flexibility index (Phi) is 5.85. The van der Waals surface area contributed by atoms with E-state index in [0.717, 1.165) is 0 Å². The predicted octanol–water partition coefficient (Wildman–Crippen LogP) is 5.29. The van der Waals surface area contributed by atoms with Crippen LogP contribution in [-0.2, 0) is 11.2 Å². The van der Waals surface area contributed by atoms with E-state index in [9.17, 15) is 4.79 Å². The normalized spacial score (nSPS) is 18.0. The predicted molar refractivity (Wildman–Crippen MR) is 128 cm³/mol. The molecular weight excluding hydrogens is 436 g/mol. The van der Waals surface area contributed by atoms with Gasteiger partial charge in [0.2, 0.25) is 11.8 Å². The number of nitrogens with one attached hydrogen (secondary N) is 1. The van der Waals surface area contributed by atoms with E-state index in [2.05, 4.69) is 53.6 Å². The second-order valence-corrected chi connectivity index (χ2v) is 9.24. The average Bonchev–Trinajstić information content (AvgIpc) is 3.62. The van der Waals surface area contributed by atoms with Crippen LogP contribution in [0.4, 0.5) is 0 Å². The highest BCUT2D eigenvalue weighted by Crippen LogP contribution is 2.41. The number of halogens is 1. The summed E-state index contributed by atoms with van der Waals surface area (Å²) in [6, 6.07) is 15.8. The number of hydrogen-bond donors (Lipinski definition) is 1. The third-order valence-corrected chi connectivity index (χ3v) is 6.24. The number of nitrogens with zero attached hydrogens (tertiary/aromatic N) is 3. The molecule has 0 radical (unpaired) electrons. The minimum atomic E-state index is -0.187. The second kappa shape index (κ2) is 8.94. The maximum atomic E-state index is 12.6. The van der Waals surface area contributed by atoms with Gasteiger partial charge in [0.15, 0.2) is 5.15 Å². The third-order valence-electron chi connectivity index (χ3n) is 6.05. The van der Waals surface area contributed by atoms with Crippen molar-refractivity contribution in [3.8, 4) is 11.6 Å². The molecule has 1 amide bonds. The second-order valence-electron chi connectivity index (χ2n) is 8.85. The molecule has 1 atom stereocenters. The van der Waals surface area contributed by atoms with Crippen molar-refractivity contribution < 1.29 is 9.53 Å². The van der Waals surface area contributed by atoms with Gasteiger partial charge >= 0.3 is 0 Å². The van der Waals surface area contributed by atoms with Crippen LogP contribution in [0.5, 0.6) is 11.6 Å². The van der Waals surface area contributed by atoms with Gasteiger partial charge in [0.25, 0.3) is 0 Å². The fourth-order valence-electron chi connectivity index (χ4n) is 4.20. The van der Waals surface area contributed by atoms with Crippen molar-refractivity contribution in [1.29, 1.82) is 0 Å². The molecule has 6 nitrogen and oxygen atoms in total. The zero-order valence-electron chi connectivity index (χ0n) is 18.6. The van der Waals surface area contributed by atoms with Gasteiger partial charge in [0.05, 0.1) is 11.6 Å². The Labute approximate surface area is 198 Å². The molecule has 0 spiro atoms. The number of ether oxygens (including phenoxy) is 1. The zero-order chi connectivity index (χ0) is 22.9. The fraction of sp³-hybridized carbons (Fsp3) is 0.308. The minimum absolute atomic E-state index is 0.0932. The monoisotopic (exact) mass is 460 g/mol. The van der Waals surface area contributed by atoms with E-state index < -0.39 is 0 Å². The smallest absolute Gasteiger partial charge is 0.250 e. The standard InChI is InChI=1S/C26H25ClN4O2/c1-15-6-7-18(16(2)10-15)11-20-13-24(32)29-25(28-20)22-14-23(27)30-31-26(22)33-21-5-3-4-19(12-21)17-8-9-17/h3-7,10,12,14,17,20H,8-9,11,13H2,1-2H3,(H,28,29,32). The lowest BCUT2D eigenvalue weighted by molar-refractivity contribution is -0.120. The van der Waals surface area contributed by atoms with Gasteiger partial charge in [-0.2, -0.15) is 0 Å². The number of aromatic nitrogens is 2. The van der Waals surface area contributed by atoms with Crippen LogP contribution in [0.2, 0.25) is 5.15 Å². The van der Waals surface area contributed by atoms with Crippen LogP contribution in [0.1, 0.15) is 53.0 Å². The number of aryl methyl sites for hydroxylation is 2. The van der Waals surface area contributed by atoms with Gasteiger partial charge in [-0.1, -0.05) is 47.5 Å². The Bertz CT molecular complexity index is 1250. The molecule has 1 saturated carbocycles. The molecule has 1 aromatic heterocycles. The Balaban J connectivity index is 1.45. The number of carbonyl (C=O) groups is 1. The number of hydrogen-bond acceptors (Lipinski definition) is 5. The van der Waals surface area contributed by atoms with Crippen LogP contribution in [-0.4, -0.2) is 28.0 Å². The third kappa shape index (κ3) is 5.06. The van der Waals surface area contributed by atoms with Crippen LogP contribution < -0.4 is 10.1 Å². The van der Waals surface area contributed by atoms with Crippen LogP contribution in [0.3, 0.4) is 0 Å². The van der Waals surface area contributed by atoms with Gasteiger partial charge in [-0.25, -0.2) is 0 Å². The Morgan fingerprint density at radius 3 is 2.73 bits per heavy atom. The van der Waals surface area contributed by atoms with E-state index in [-0.39, 0.29) is 23.0 Å². The molecule has 33 heavy (non-hydrogen) atoms. The largest absolute Gasteiger partial charge is 0.437 e. The molecule has 1 aliphatic carbocycles. The lowest BCUT2D eigenvalue weighted by Crippen LogP contribution is -2.40. The first kappa shape index (κ1) is 21.6. The summed E-state index contributed by atoms with van der Waals surface area (Å²) in [4.78, 5) is 17.4. The highest BCUT2D eigenvalue weighted by Gasteiger charge is 2.27. The molecule has 168 valence electrons. The molecule has 2 aromatic carbocycles. The number of amides is 1. The quantitative estimate of drug-likeness (QED) is 0.542. The van der Waals surface area contributed by atoms with Crippen LogP contribution in [0.25, 0.3) is 0 Å². The Morgan fingerprint density at radius 2 is 1.94 bits per heavy atom. The summed E-state index contributed by atoms with van der Waals surface area (Å²) < 4.78 is 6.09. The van der Waals surface area contributed by atoms with Gasteiger partial charge in [-0.15, -0.1) is 10.2 Å². The number of aliphatic imine (C=N–C) groups is 1. The summed E-state index contributed by atoms with van der Waals surface area (Å²) >= 11 is 6.16. The Morgan fingerprint density at radius 1 is 1.09 bits per heavy atom. The summed E-state index contributed by atoms with van der Waals surface area (Å²) in [5.41, 5.74) is 5.37. The molecular formula is C26H25ClN4O2. The number of carbonyl (C=O) groups excluding carboxylic acids is 1. The SMILES string of the molecule is Cc1ccc(CC2CC(=O)NC(c3cc(Cl)nnc3Oc3cccc(C4CC4)c3)=N2)c(C)c1. The molecule has 5 rings (SSSR count). The number of benzene rings is 2. The molecule has 1 unspecified atom stereocenters. The molecule has 7 heteroatoms. The Hall–Kier alpha value is -3.25. The van der Waals surface area contributed by atoms with Crippen molar-refractivity contribution in [1.82, 2.24) is 15.5 Å². The molecule has 0 saturated heterocycles. The summed E-state index contributed by atoms with van der Waals surface area (Å²) in [6.45, 7) is 4.16. The van der Waals surface area contributed by atoms with Gasteiger partial charge in [-0.3, -0.25) is 9.79 Å². The van der Waals surface area contributed by atoms with E-state index in [1.54, 1.807) is 6.07 Å². The molecule has 3 aromatic rings. The summed E-state index contributed by atoms with van der Waals surface area (Å²) in [6.07, 6.45) is 3.41. The number of amidine groups is 1. The summed E-state index contributed by atoms with van der Waals surface area (Å²) in [7, 11) is 0. The lowest BCUT2D eigenvalue weighted by Gasteiger charge is -2.22. The van der Waals surface area contributed by atoms with Crippen LogP contribution in [0.15, 0.2) is 53.5 Å². The van der Waals surface area contributed by atoms with Crippen LogP contribution in [0, 0.1) is 13.8 Å².